The summed E-state index contributed by atoms with van der Waals surface area (Å²) in [7, 11) is 0. The summed E-state index contributed by atoms with van der Waals surface area (Å²) >= 11 is 0. The normalized spacial score (nSPS) is 11.5. The van der Waals surface area contributed by atoms with Crippen LogP contribution in [0.1, 0.15) is 28.8 Å². The number of fused-ring (bicyclic) bond motifs is 1. The average molecular weight is 476 g/mol. The van der Waals surface area contributed by atoms with E-state index >= 15 is 0 Å². The van der Waals surface area contributed by atoms with Gasteiger partial charge in [-0.2, -0.15) is 10.2 Å². The third-order valence-corrected chi connectivity index (χ3v) is 5.58. The Bertz CT molecular complexity index is 1490. The molecule has 0 saturated carbocycles. The average Bonchev–Trinajstić information content (AvgIpc) is 3.57. The van der Waals surface area contributed by atoms with Crippen LogP contribution in [0.3, 0.4) is 0 Å². The maximum absolute atomic E-state index is 13.9. The molecule has 5 rings (SSSR count). The number of furan rings is 1. The summed E-state index contributed by atoms with van der Waals surface area (Å²) in [6.07, 6.45) is 0.476. The van der Waals surface area contributed by atoms with Gasteiger partial charge in [-0.05, 0) is 37.6 Å². The van der Waals surface area contributed by atoms with Gasteiger partial charge in [-0.1, -0.05) is 29.8 Å². The number of halogens is 2. The zero-order chi connectivity index (χ0) is 24.5. The number of hydrogen-bond donors (Lipinski definition) is 1. The fourth-order valence-electron chi connectivity index (χ4n) is 3.93. The molecule has 4 aromatic heterocycles. The Hall–Kier alpha value is -4.34. The molecule has 0 aliphatic rings. The van der Waals surface area contributed by atoms with Crippen molar-refractivity contribution in [2.75, 3.05) is 5.32 Å². The topological polar surface area (TPSA) is 90.8 Å². The fraction of sp³-hybridized carbons (Fsp3) is 0.200. The number of aromatic nitrogens is 5. The number of hydrogen-bond acceptors (Lipinski definition) is 5. The van der Waals surface area contributed by atoms with E-state index < -0.39 is 12.3 Å². The van der Waals surface area contributed by atoms with Crippen LogP contribution < -0.4 is 5.32 Å². The number of carbonyl (C=O) groups is 1. The molecule has 35 heavy (non-hydrogen) atoms. The van der Waals surface area contributed by atoms with E-state index in [1.165, 1.54) is 22.6 Å². The lowest BCUT2D eigenvalue weighted by Crippen LogP contribution is -2.20. The van der Waals surface area contributed by atoms with Gasteiger partial charge in [0.05, 0.1) is 23.9 Å². The number of alkyl halides is 2. The van der Waals surface area contributed by atoms with Gasteiger partial charge in [-0.3, -0.25) is 9.48 Å². The van der Waals surface area contributed by atoms with E-state index in [1.807, 2.05) is 31.2 Å². The van der Waals surface area contributed by atoms with Crippen molar-refractivity contribution < 1.29 is 18.0 Å². The van der Waals surface area contributed by atoms with E-state index in [0.29, 0.717) is 23.8 Å². The van der Waals surface area contributed by atoms with Crippen LogP contribution in [0.4, 0.5) is 14.6 Å². The lowest BCUT2D eigenvalue weighted by Gasteiger charge is -2.07. The molecule has 0 unspecified atom stereocenters. The number of pyridine rings is 1. The second-order valence-corrected chi connectivity index (χ2v) is 8.25. The highest BCUT2D eigenvalue weighted by Gasteiger charge is 2.22. The van der Waals surface area contributed by atoms with Crippen LogP contribution in [0.25, 0.3) is 22.5 Å². The van der Waals surface area contributed by atoms with E-state index in [2.05, 4.69) is 20.5 Å². The van der Waals surface area contributed by atoms with Gasteiger partial charge < -0.3 is 9.73 Å². The van der Waals surface area contributed by atoms with Gasteiger partial charge in [0.2, 0.25) is 5.91 Å². The van der Waals surface area contributed by atoms with E-state index in [9.17, 15) is 13.6 Å². The predicted octanol–water partition coefficient (Wildman–Crippen LogP) is 5.13. The molecule has 0 atom stereocenters. The molecule has 0 spiro atoms. The van der Waals surface area contributed by atoms with Crippen LogP contribution in [-0.2, 0) is 17.9 Å². The number of carbonyl (C=O) groups excluding carboxylic acids is 1. The van der Waals surface area contributed by atoms with Gasteiger partial charge in [0, 0.05) is 17.8 Å². The fourth-order valence-corrected chi connectivity index (χ4v) is 3.93. The number of aryl methyl sites for hydroxylation is 2. The van der Waals surface area contributed by atoms with Gasteiger partial charge in [0.25, 0.3) is 6.43 Å². The number of anilines is 1. The lowest BCUT2D eigenvalue weighted by atomic mass is 10.1. The molecule has 0 bridgehead atoms. The smallest absolute Gasteiger partial charge is 0.264 e. The Kier molecular flexibility index (Phi) is 5.86. The molecule has 0 fully saturated rings. The maximum atomic E-state index is 13.9. The van der Waals surface area contributed by atoms with Gasteiger partial charge in [-0.15, -0.1) is 0 Å². The maximum Gasteiger partial charge on any atom is 0.264 e. The largest absolute Gasteiger partial charge is 0.463 e. The Morgan fingerprint density at radius 2 is 1.91 bits per heavy atom. The molecule has 0 aliphatic carbocycles. The molecule has 5 aromatic rings. The third kappa shape index (κ3) is 4.68. The van der Waals surface area contributed by atoms with Crippen molar-refractivity contribution in [2.24, 2.45) is 0 Å². The lowest BCUT2D eigenvalue weighted by molar-refractivity contribution is -0.116. The molecule has 0 radical (unpaired) electrons. The van der Waals surface area contributed by atoms with Gasteiger partial charge in [0.1, 0.15) is 12.2 Å². The second-order valence-electron chi connectivity index (χ2n) is 8.25. The van der Waals surface area contributed by atoms with Crippen molar-refractivity contribution in [3.8, 4) is 11.5 Å². The Morgan fingerprint density at radius 3 is 2.63 bits per heavy atom. The summed E-state index contributed by atoms with van der Waals surface area (Å²) in [6.45, 7) is 3.99. The van der Waals surface area contributed by atoms with Crippen LogP contribution in [0, 0.1) is 13.8 Å². The second kappa shape index (κ2) is 9.13. The van der Waals surface area contributed by atoms with E-state index in [4.69, 9.17) is 4.42 Å². The molecular weight excluding hydrogens is 454 g/mol. The van der Waals surface area contributed by atoms with Crippen molar-refractivity contribution in [1.82, 2.24) is 24.5 Å². The number of nitrogens with zero attached hydrogens (tertiary/aromatic N) is 5. The Labute approximate surface area is 199 Å². The summed E-state index contributed by atoms with van der Waals surface area (Å²) in [6, 6.07) is 14.4. The van der Waals surface area contributed by atoms with E-state index in [-0.39, 0.29) is 28.8 Å². The molecule has 4 heterocycles. The number of rotatable bonds is 7. The summed E-state index contributed by atoms with van der Waals surface area (Å²) in [5, 5.41) is 11.7. The molecule has 10 heteroatoms. The van der Waals surface area contributed by atoms with Crippen molar-refractivity contribution in [3.63, 3.8) is 0 Å². The number of amides is 1. The highest BCUT2D eigenvalue weighted by molar-refractivity contribution is 5.91. The summed E-state index contributed by atoms with van der Waals surface area (Å²) < 4.78 is 36.1. The highest BCUT2D eigenvalue weighted by atomic mass is 19.3. The van der Waals surface area contributed by atoms with Gasteiger partial charge in [-0.25, -0.2) is 18.4 Å². The standard InChI is InChI=1S/C25H22F2N6O2/c1-15-5-7-17(8-6-15)13-32-10-9-21(31-32)29-22(34)14-33-25-23(16(2)30-33)18(24(26)27)12-19(28-25)20-4-3-11-35-20/h3-12,24H,13-14H2,1-2H3,(H,29,31,34). The Balaban J connectivity index is 1.37. The molecule has 8 nitrogen and oxygen atoms in total. The summed E-state index contributed by atoms with van der Waals surface area (Å²) in [5.41, 5.74) is 2.85. The molecule has 1 aromatic carbocycles. The first-order valence-corrected chi connectivity index (χ1v) is 11.0. The monoisotopic (exact) mass is 476 g/mol. The molecule has 178 valence electrons. The van der Waals surface area contributed by atoms with E-state index in [0.717, 1.165) is 5.56 Å². The zero-order valence-electron chi connectivity index (χ0n) is 19.1. The van der Waals surface area contributed by atoms with Crippen LogP contribution >= 0.6 is 0 Å². The van der Waals surface area contributed by atoms with Crippen molar-refractivity contribution >= 4 is 22.8 Å². The summed E-state index contributed by atoms with van der Waals surface area (Å²) in [4.78, 5) is 17.2. The quantitative estimate of drug-likeness (QED) is 0.352. The molecular formula is C25H22F2N6O2. The highest BCUT2D eigenvalue weighted by Crippen LogP contribution is 2.33. The molecule has 1 N–H and O–H groups in total. The first-order chi connectivity index (χ1) is 16.9. The SMILES string of the molecule is Cc1ccc(Cn2ccc(NC(=O)Cn3nc(C)c4c(C(F)F)cc(-c5ccco5)nc43)n2)cc1. The van der Waals surface area contributed by atoms with E-state index in [1.54, 1.807) is 36.0 Å². The third-order valence-electron chi connectivity index (χ3n) is 5.58. The Morgan fingerprint density at radius 1 is 1.11 bits per heavy atom. The minimum absolute atomic E-state index is 0.187. The number of benzene rings is 1. The summed E-state index contributed by atoms with van der Waals surface area (Å²) in [5.74, 6) is 0.328. The van der Waals surface area contributed by atoms with Crippen LogP contribution in [0.5, 0.6) is 0 Å². The van der Waals surface area contributed by atoms with Gasteiger partial charge in [0.15, 0.2) is 17.2 Å². The van der Waals surface area contributed by atoms with Crippen LogP contribution in [0.15, 0.2) is 65.4 Å². The minimum Gasteiger partial charge on any atom is -0.463 e. The molecule has 0 aliphatic heterocycles. The van der Waals surface area contributed by atoms with Gasteiger partial charge >= 0.3 is 0 Å². The molecule has 0 saturated heterocycles. The predicted molar refractivity (Wildman–Crippen MR) is 126 cm³/mol. The number of nitrogens with one attached hydrogen (secondary N) is 1. The zero-order valence-corrected chi connectivity index (χ0v) is 19.1. The van der Waals surface area contributed by atoms with Crippen molar-refractivity contribution in [1.29, 1.82) is 0 Å². The first-order valence-electron chi connectivity index (χ1n) is 11.0. The van der Waals surface area contributed by atoms with Crippen LogP contribution in [-0.4, -0.2) is 30.5 Å². The van der Waals surface area contributed by atoms with Crippen molar-refractivity contribution in [3.05, 3.63) is 83.4 Å². The first kappa shape index (κ1) is 22.5. The van der Waals surface area contributed by atoms with Crippen molar-refractivity contribution in [2.45, 2.75) is 33.4 Å². The molecule has 1 amide bonds. The van der Waals surface area contributed by atoms with Crippen LogP contribution in [0.2, 0.25) is 0 Å². The minimum atomic E-state index is -2.74.